The molecule has 0 radical (unpaired) electrons. The SMILES string of the molecule is CCN(CCO)Cc1noc(COC)n1. The van der Waals surface area contributed by atoms with E-state index in [-0.39, 0.29) is 6.61 Å². The van der Waals surface area contributed by atoms with Gasteiger partial charge in [0.15, 0.2) is 5.82 Å². The predicted octanol–water partition coefficient (Wildman–Crippen LogP) is 0.0302. The smallest absolute Gasteiger partial charge is 0.252 e. The van der Waals surface area contributed by atoms with Gasteiger partial charge in [-0.25, -0.2) is 0 Å². The van der Waals surface area contributed by atoms with Gasteiger partial charge in [-0.3, -0.25) is 4.90 Å². The third-order valence-corrected chi connectivity index (χ3v) is 2.01. The minimum Gasteiger partial charge on any atom is -0.395 e. The number of likely N-dealkylation sites (N-methyl/N-ethyl adjacent to an activating group) is 1. The first kappa shape index (κ1) is 12.1. The summed E-state index contributed by atoms with van der Waals surface area (Å²) in [6, 6.07) is 0. The number of hydrogen-bond acceptors (Lipinski definition) is 6. The van der Waals surface area contributed by atoms with E-state index >= 15 is 0 Å². The fourth-order valence-corrected chi connectivity index (χ4v) is 1.23. The lowest BCUT2D eigenvalue weighted by molar-refractivity contribution is 0.151. The van der Waals surface area contributed by atoms with E-state index in [1.807, 2.05) is 11.8 Å². The monoisotopic (exact) mass is 215 g/mol. The Bertz CT molecular complexity index is 277. The Morgan fingerprint density at radius 3 is 2.93 bits per heavy atom. The average molecular weight is 215 g/mol. The summed E-state index contributed by atoms with van der Waals surface area (Å²) < 4.78 is 9.82. The van der Waals surface area contributed by atoms with Gasteiger partial charge >= 0.3 is 0 Å². The lowest BCUT2D eigenvalue weighted by Gasteiger charge is -2.16. The summed E-state index contributed by atoms with van der Waals surface area (Å²) in [6.07, 6.45) is 0. The lowest BCUT2D eigenvalue weighted by atomic mass is 10.4. The van der Waals surface area contributed by atoms with Crippen molar-refractivity contribution >= 4 is 0 Å². The van der Waals surface area contributed by atoms with Gasteiger partial charge < -0.3 is 14.4 Å². The highest BCUT2D eigenvalue weighted by Crippen LogP contribution is 2.02. The molecule has 0 saturated heterocycles. The van der Waals surface area contributed by atoms with Crippen LogP contribution >= 0.6 is 0 Å². The number of nitrogens with zero attached hydrogens (tertiary/aromatic N) is 3. The second kappa shape index (κ2) is 6.49. The Labute approximate surface area is 88.8 Å². The van der Waals surface area contributed by atoms with Crippen LogP contribution in [0.3, 0.4) is 0 Å². The maximum absolute atomic E-state index is 8.81. The summed E-state index contributed by atoms with van der Waals surface area (Å²) in [6.45, 7) is 4.53. The van der Waals surface area contributed by atoms with E-state index in [1.165, 1.54) is 0 Å². The zero-order valence-electron chi connectivity index (χ0n) is 9.14. The van der Waals surface area contributed by atoms with Crippen molar-refractivity contribution in [2.45, 2.75) is 20.1 Å². The van der Waals surface area contributed by atoms with Crippen LogP contribution in [0.1, 0.15) is 18.6 Å². The molecule has 1 rings (SSSR count). The van der Waals surface area contributed by atoms with E-state index in [4.69, 9.17) is 14.4 Å². The number of aliphatic hydroxyl groups is 1. The Morgan fingerprint density at radius 2 is 2.33 bits per heavy atom. The summed E-state index contributed by atoms with van der Waals surface area (Å²) >= 11 is 0. The van der Waals surface area contributed by atoms with Gasteiger partial charge in [0.1, 0.15) is 6.61 Å². The zero-order valence-corrected chi connectivity index (χ0v) is 9.14. The lowest BCUT2D eigenvalue weighted by Crippen LogP contribution is -2.26. The molecule has 0 aliphatic carbocycles. The fraction of sp³-hybridized carbons (Fsp3) is 0.778. The first-order valence-corrected chi connectivity index (χ1v) is 4.93. The van der Waals surface area contributed by atoms with Gasteiger partial charge in [-0.05, 0) is 6.54 Å². The third kappa shape index (κ3) is 3.94. The third-order valence-electron chi connectivity index (χ3n) is 2.01. The van der Waals surface area contributed by atoms with Crippen molar-refractivity contribution < 1.29 is 14.4 Å². The molecule has 0 aliphatic rings. The number of methoxy groups -OCH3 is 1. The van der Waals surface area contributed by atoms with Crippen LogP contribution in [0.5, 0.6) is 0 Å². The molecule has 0 aromatic carbocycles. The quantitative estimate of drug-likeness (QED) is 0.692. The molecule has 6 heteroatoms. The topological polar surface area (TPSA) is 71.6 Å². The van der Waals surface area contributed by atoms with Crippen molar-refractivity contribution in [2.24, 2.45) is 0 Å². The minimum absolute atomic E-state index is 0.136. The Kier molecular flexibility index (Phi) is 5.23. The molecule has 1 N–H and O–H groups in total. The molecule has 0 bridgehead atoms. The van der Waals surface area contributed by atoms with E-state index in [0.29, 0.717) is 31.4 Å². The summed E-state index contributed by atoms with van der Waals surface area (Å²) in [4.78, 5) is 6.17. The van der Waals surface area contributed by atoms with Crippen molar-refractivity contribution in [1.82, 2.24) is 15.0 Å². The summed E-state index contributed by atoms with van der Waals surface area (Å²) in [5.74, 6) is 1.10. The van der Waals surface area contributed by atoms with E-state index in [0.717, 1.165) is 6.54 Å². The molecule has 0 saturated carbocycles. The second-order valence-electron chi connectivity index (χ2n) is 3.13. The molecule has 1 aromatic rings. The van der Waals surface area contributed by atoms with Gasteiger partial charge in [0.25, 0.3) is 5.89 Å². The first-order chi connectivity index (χ1) is 7.30. The van der Waals surface area contributed by atoms with Crippen LogP contribution in [-0.2, 0) is 17.9 Å². The van der Waals surface area contributed by atoms with Crippen LogP contribution in [0.2, 0.25) is 0 Å². The zero-order chi connectivity index (χ0) is 11.1. The van der Waals surface area contributed by atoms with E-state index in [9.17, 15) is 0 Å². The number of aromatic nitrogens is 2. The van der Waals surface area contributed by atoms with Crippen LogP contribution in [0, 0.1) is 0 Å². The van der Waals surface area contributed by atoms with Crippen molar-refractivity contribution in [2.75, 3.05) is 26.8 Å². The molecule has 15 heavy (non-hydrogen) atoms. The van der Waals surface area contributed by atoms with Crippen LogP contribution in [0.25, 0.3) is 0 Å². The molecular weight excluding hydrogens is 198 g/mol. The van der Waals surface area contributed by atoms with E-state index in [1.54, 1.807) is 7.11 Å². The van der Waals surface area contributed by atoms with Gasteiger partial charge in [-0.1, -0.05) is 12.1 Å². The maximum atomic E-state index is 8.81. The summed E-state index contributed by atoms with van der Waals surface area (Å²) in [7, 11) is 1.58. The molecule has 0 aliphatic heterocycles. The number of aliphatic hydroxyl groups excluding tert-OH is 1. The Morgan fingerprint density at radius 1 is 1.53 bits per heavy atom. The average Bonchev–Trinajstić information content (AvgIpc) is 2.66. The molecular formula is C9H17N3O3. The number of rotatable bonds is 7. The van der Waals surface area contributed by atoms with Crippen molar-refractivity contribution in [3.63, 3.8) is 0 Å². The highest BCUT2D eigenvalue weighted by molar-refractivity contribution is 4.84. The molecule has 0 spiro atoms. The van der Waals surface area contributed by atoms with Crippen LogP contribution < -0.4 is 0 Å². The highest BCUT2D eigenvalue weighted by Gasteiger charge is 2.09. The van der Waals surface area contributed by atoms with Gasteiger partial charge in [-0.15, -0.1) is 0 Å². The number of ether oxygens (including phenoxy) is 1. The second-order valence-corrected chi connectivity index (χ2v) is 3.13. The molecule has 86 valence electrons. The maximum Gasteiger partial charge on any atom is 0.252 e. The van der Waals surface area contributed by atoms with Crippen molar-refractivity contribution in [3.05, 3.63) is 11.7 Å². The standard InChI is InChI=1S/C9H17N3O3/c1-3-12(4-5-13)6-8-10-9(7-14-2)15-11-8/h13H,3-7H2,1-2H3. The van der Waals surface area contributed by atoms with Crippen LogP contribution in [0.15, 0.2) is 4.52 Å². The number of hydrogen-bond donors (Lipinski definition) is 1. The van der Waals surface area contributed by atoms with Crippen molar-refractivity contribution in [3.8, 4) is 0 Å². The molecule has 6 nitrogen and oxygen atoms in total. The van der Waals surface area contributed by atoms with Gasteiger partial charge in [0.05, 0.1) is 13.2 Å². The Hall–Kier alpha value is -0.980. The highest BCUT2D eigenvalue weighted by atomic mass is 16.5. The first-order valence-electron chi connectivity index (χ1n) is 4.93. The Balaban J connectivity index is 2.47. The summed E-state index contributed by atoms with van der Waals surface area (Å²) in [5, 5.41) is 12.6. The predicted molar refractivity (Wildman–Crippen MR) is 53.0 cm³/mol. The molecule has 0 unspecified atom stereocenters. The van der Waals surface area contributed by atoms with Gasteiger partial charge in [0.2, 0.25) is 0 Å². The fourth-order valence-electron chi connectivity index (χ4n) is 1.23. The van der Waals surface area contributed by atoms with E-state index in [2.05, 4.69) is 10.1 Å². The van der Waals surface area contributed by atoms with Crippen LogP contribution in [0.4, 0.5) is 0 Å². The van der Waals surface area contributed by atoms with Crippen molar-refractivity contribution in [1.29, 1.82) is 0 Å². The minimum atomic E-state index is 0.136. The molecule has 0 amide bonds. The molecule has 1 heterocycles. The van der Waals surface area contributed by atoms with Gasteiger partial charge in [-0.2, -0.15) is 4.98 Å². The van der Waals surface area contributed by atoms with Gasteiger partial charge in [0, 0.05) is 13.7 Å². The van der Waals surface area contributed by atoms with E-state index < -0.39 is 0 Å². The largest absolute Gasteiger partial charge is 0.395 e. The molecule has 0 fully saturated rings. The summed E-state index contributed by atoms with van der Waals surface area (Å²) in [5.41, 5.74) is 0. The molecule has 0 atom stereocenters. The normalized spacial score (nSPS) is 11.2. The molecule has 1 aromatic heterocycles. The van der Waals surface area contributed by atoms with Crippen LogP contribution in [-0.4, -0.2) is 47.0 Å².